The summed E-state index contributed by atoms with van der Waals surface area (Å²) in [5, 5.41) is 5.80. The lowest BCUT2D eigenvalue weighted by atomic mass is 10.2. The fraction of sp³-hybridized carbons (Fsp3) is 0.267. The van der Waals surface area contributed by atoms with Gasteiger partial charge in [0.1, 0.15) is 17.7 Å². The van der Waals surface area contributed by atoms with Crippen LogP contribution >= 0.6 is 0 Å². The predicted octanol–water partition coefficient (Wildman–Crippen LogP) is 3.57. The van der Waals surface area contributed by atoms with Crippen molar-refractivity contribution in [3.63, 3.8) is 0 Å². The number of ether oxygens (including phenoxy) is 1. The molecule has 110 valence electrons. The Kier molecular flexibility index (Phi) is 4.37. The number of rotatable bonds is 3. The van der Waals surface area contributed by atoms with Gasteiger partial charge in [0.2, 0.25) is 0 Å². The number of aromatic nitrogens is 2. The van der Waals surface area contributed by atoms with Crippen LogP contribution in [0.15, 0.2) is 42.9 Å². The summed E-state index contributed by atoms with van der Waals surface area (Å²) in [7, 11) is 0. The third-order valence-corrected chi connectivity index (χ3v) is 2.38. The number of hydrogen-bond donors (Lipinski definition) is 2. The molecule has 1 aromatic heterocycles. The van der Waals surface area contributed by atoms with E-state index in [1.807, 2.05) is 32.9 Å². The molecule has 0 saturated heterocycles. The molecule has 0 bridgehead atoms. The summed E-state index contributed by atoms with van der Waals surface area (Å²) in [4.78, 5) is 19.6. The van der Waals surface area contributed by atoms with Gasteiger partial charge in [-0.2, -0.15) is 0 Å². The summed E-state index contributed by atoms with van der Waals surface area (Å²) in [6.45, 7) is 5.46. The monoisotopic (exact) mass is 286 g/mol. The van der Waals surface area contributed by atoms with E-state index in [1.54, 1.807) is 24.4 Å². The van der Waals surface area contributed by atoms with E-state index in [4.69, 9.17) is 4.74 Å². The van der Waals surface area contributed by atoms with Crippen molar-refractivity contribution in [3.05, 3.63) is 42.9 Å². The molecular formula is C15H18N4O2. The number of nitrogens with one attached hydrogen (secondary N) is 2. The summed E-state index contributed by atoms with van der Waals surface area (Å²) in [6.07, 6.45) is 2.66. The van der Waals surface area contributed by atoms with Gasteiger partial charge in [-0.1, -0.05) is 0 Å². The molecule has 0 aliphatic carbocycles. The fourth-order valence-electron chi connectivity index (χ4n) is 1.57. The molecule has 6 heteroatoms. The molecule has 0 aliphatic heterocycles. The van der Waals surface area contributed by atoms with E-state index in [0.717, 1.165) is 5.69 Å². The number of carbonyl (C=O) groups is 1. The number of amides is 1. The van der Waals surface area contributed by atoms with Crippen LogP contribution in [-0.2, 0) is 4.74 Å². The largest absolute Gasteiger partial charge is 0.444 e. The van der Waals surface area contributed by atoms with Gasteiger partial charge in [-0.3, -0.25) is 5.32 Å². The van der Waals surface area contributed by atoms with Crippen molar-refractivity contribution >= 4 is 23.3 Å². The van der Waals surface area contributed by atoms with Gasteiger partial charge in [0, 0.05) is 17.6 Å². The standard InChI is InChI=1S/C15H18N4O2/c1-15(2,3)21-14(20)19-12-6-4-11(5-7-12)18-13-8-9-16-10-17-13/h4-10H,1-3H3,(H,19,20)(H,16,17,18). The highest BCUT2D eigenvalue weighted by atomic mass is 16.6. The first-order valence-electron chi connectivity index (χ1n) is 6.55. The number of anilines is 3. The van der Waals surface area contributed by atoms with E-state index in [-0.39, 0.29) is 0 Å². The molecule has 0 radical (unpaired) electrons. The van der Waals surface area contributed by atoms with Crippen molar-refractivity contribution in [1.82, 2.24) is 9.97 Å². The van der Waals surface area contributed by atoms with Gasteiger partial charge in [0.05, 0.1) is 0 Å². The van der Waals surface area contributed by atoms with Crippen LogP contribution in [0.2, 0.25) is 0 Å². The topological polar surface area (TPSA) is 76.1 Å². The van der Waals surface area contributed by atoms with Crippen LogP contribution in [0.1, 0.15) is 20.8 Å². The summed E-state index contributed by atoms with van der Waals surface area (Å²) in [5.41, 5.74) is 1.01. The van der Waals surface area contributed by atoms with Crippen molar-refractivity contribution in [2.45, 2.75) is 26.4 Å². The van der Waals surface area contributed by atoms with E-state index in [0.29, 0.717) is 11.5 Å². The maximum atomic E-state index is 11.6. The molecule has 0 aliphatic rings. The van der Waals surface area contributed by atoms with E-state index in [9.17, 15) is 4.79 Å². The van der Waals surface area contributed by atoms with E-state index < -0.39 is 11.7 Å². The van der Waals surface area contributed by atoms with Crippen molar-refractivity contribution < 1.29 is 9.53 Å². The summed E-state index contributed by atoms with van der Waals surface area (Å²) < 4.78 is 5.18. The Morgan fingerprint density at radius 3 is 2.33 bits per heavy atom. The lowest BCUT2D eigenvalue weighted by Gasteiger charge is -2.19. The molecule has 1 aromatic carbocycles. The predicted molar refractivity (Wildman–Crippen MR) is 81.6 cm³/mol. The highest BCUT2D eigenvalue weighted by molar-refractivity contribution is 5.85. The molecule has 0 spiro atoms. The van der Waals surface area contributed by atoms with Crippen LogP contribution in [0.25, 0.3) is 0 Å². The first kappa shape index (κ1) is 14.8. The second kappa shape index (κ2) is 6.21. The Bertz CT molecular complexity index is 591. The highest BCUT2D eigenvalue weighted by Crippen LogP contribution is 2.18. The lowest BCUT2D eigenvalue weighted by Crippen LogP contribution is -2.27. The van der Waals surface area contributed by atoms with E-state index in [1.165, 1.54) is 6.33 Å². The summed E-state index contributed by atoms with van der Waals surface area (Å²) >= 11 is 0. The molecule has 21 heavy (non-hydrogen) atoms. The zero-order valence-electron chi connectivity index (χ0n) is 12.3. The fourth-order valence-corrected chi connectivity index (χ4v) is 1.57. The van der Waals surface area contributed by atoms with Crippen LogP contribution in [0.5, 0.6) is 0 Å². The number of hydrogen-bond acceptors (Lipinski definition) is 5. The van der Waals surface area contributed by atoms with Crippen LogP contribution < -0.4 is 10.6 Å². The van der Waals surface area contributed by atoms with Crippen LogP contribution in [0.4, 0.5) is 22.0 Å². The average Bonchev–Trinajstić information content (AvgIpc) is 2.40. The van der Waals surface area contributed by atoms with Crippen molar-refractivity contribution in [2.75, 3.05) is 10.6 Å². The third-order valence-electron chi connectivity index (χ3n) is 2.38. The second-order valence-corrected chi connectivity index (χ2v) is 5.42. The van der Waals surface area contributed by atoms with Gasteiger partial charge < -0.3 is 10.1 Å². The molecule has 2 N–H and O–H groups in total. The zero-order chi connectivity index (χ0) is 15.3. The maximum Gasteiger partial charge on any atom is 0.412 e. The number of benzene rings is 1. The molecule has 0 fully saturated rings. The van der Waals surface area contributed by atoms with Crippen molar-refractivity contribution in [1.29, 1.82) is 0 Å². The Hall–Kier alpha value is -2.63. The maximum absolute atomic E-state index is 11.6. The van der Waals surface area contributed by atoms with Gasteiger partial charge in [0.25, 0.3) is 0 Å². The zero-order valence-corrected chi connectivity index (χ0v) is 12.3. The smallest absolute Gasteiger partial charge is 0.412 e. The number of nitrogens with zero attached hydrogens (tertiary/aromatic N) is 2. The molecule has 1 amide bonds. The molecular weight excluding hydrogens is 268 g/mol. The molecule has 0 saturated carbocycles. The molecule has 0 unspecified atom stereocenters. The molecule has 6 nitrogen and oxygen atoms in total. The minimum atomic E-state index is -0.515. The lowest BCUT2D eigenvalue weighted by molar-refractivity contribution is 0.0636. The summed E-state index contributed by atoms with van der Waals surface area (Å²) in [6, 6.07) is 9.03. The average molecular weight is 286 g/mol. The quantitative estimate of drug-likeness (QED) is 0.902. The first-order chi connectivity index (χ1) is 9.92. The Morgan fingerprint density at radius 2 is 1.76 bits per heavy atom. The molecule has 0 atom stereocenters. The van der Waals surface area contributed by atoms with Crippen molar-refractivity contribution in [3.8, 4) is 0 Å². The number of carbonyl (C=O) groups excluding carboxylic acids is 1. The van der Waals surface area contributed by atoms with Gasteiger partial charge in [-0.05, 0) is 51.1 Å². The van der Waals surface area contributed by atoms with E-state index in [2.05, 4.69) is 20.6 Å². The van der Waals surface area contributed by atoms with Gasteiger partial charge >= 0.3 is 6.09 Å². The summed E-state index contributed by atoms with van der Waals surface area (Å²) in [5.74, 6) is 0.706. The minimum Gasteiger partial charge on any atom is -0.444 e. The van der Waals surface area contributed by atoms with E-state index >= 15 is 0 Å². The van der Waals surface area contributed by atoms with Gasteiger partial charge in [-0.25, -0.2) is 14.8 Å². The van der Waals surface area contributed by atoms with Crippen molar-refractivity contribution in [2.24, 2.45) is 0 Å². The van der Waals surface area contributed by atoms with Gasteiger partial charge in [-0.15, -0.1) is 0 Å². The Balaban J connectivity index is 1.95. The Labute approximate surface area is 123 Å². The van der Waals surface area contributed by atoms with Crippen LogP contribution in [0, 0.1) is 0 Å². The second-order valence-electron chi connectivity index (χ2n) is 5.42. The SMILES string of the molecule is CC(C)(C)OC(=O)Nc1ccc(Nc2ccncn2)cc1. The molecule has 2 rings (SSSR count). The Morgan fingerprint density at radius 1 is 1.10 bits per heavy atom. The minimum absolute atomic E-state index is 0.473. The highest BCUT2D eigenvalue weighted by Gasteiger charge is 2.15. The molecule has 2 aromatic rings. The third kappa shape index (κ3) is 5.10. The normalized spacial score (nSPS) is 10.8. The van der Waals surface area contributed by atoms with Crippen LogP contribution in [0.3, 0.4) is 0 Å². The first-order valence-corrected chi connectivity index (χ1v) is 6.55. The van der Waals surface area contributed by atoms with Gasteiger partial charge in [0.15, 0.2) is 0 Å². The molecule has 1 heterocycles. The van der Waals surface area contributed by atoms with Crippen LogP contribution in [-0.4, -0.2) is 21.7 Å².